The largest absolute Gasteiger partial charge is 0.479 e. The monoisotopic (exact) mass is 434 g/mol. The van der Waals surface area contributed by atoms with Crippen molar-refractivity contribution < 1.29 is 33.8 Å². The van der Waals surface area contributed by atoms with Crippen molar-refractivity contribution in [2.24, 2.45) is 0 Å². The van der Waals surface area contributed by atoms with Crippen LogP contribution < -0.4 is 10.6 Å². The number of amides is 5. The zero-order valence-electron chi connectivity index (χ0n) is 17.8. The quantitative estimate of drug-likeness (QED) is 0.596. The summed E-state index contributed by atoms with van der Waals surface area (Å²) >= 11 is 0. The van der Waals surface area contributed by atoms with Gasteiger partial charge >= 0.3 is 29.9 Å². The molecule has 3 N–H and O–H groups in total. The Morgan fingerprint density at radius 3 is 2.42 bits per heavy atom. The van der Waals surface area contributed by atoms with E-state index in [4.69, 9.17) is 4.74 Å². The van der Waals surface area contributed by atoms with Gasteiger partial charge in [0.25, 0.3) is 0 Å². The fourth-order valence-electron chi connectivity index (χ4n) is 2.88. The second-order valence-corrected chi connectivity index (χ2v) is 7.81. The zero-order chi connectivity index (χ0) is 23.3. The maximum absolute atomic E-state index is 12.5. The van der Waals surface area contributed by atoms with Crippen LogP contribution in [0.15, 0.2) is 24.3 Å². The van der Waals surface area contributed by atoms with E-state index in [1.165, 1.54) is 29.2 Å². The molecule has 1 heterocycles. The molecule has 31 heavy (non-hydrogen) atoms. The van der Waals surface area contributed by atoms with Crippen LogP contribution in [0, 0.1) is 0 Å². The minimum atomic E-state index is -1.51. The highest BCUT2D eigenvalue weighted by Crippen LogP contribution is 2.20. The van der Waals surface area contributed by atoms with Gasteiger partial charge in [-0.05, 0) is 45.4 Å². The lowest BCUT2D eigenvalue weighted by molar-refractivity contribution is -0.153. The lowest BCUT2D eigenvalue weighted by atomic mass is 10.1. The molecule has 0 aromatic heterocycles. The summed E-state index contributed by atoms with van der Waals surface area (Å²) in [5.74, 6) is -3.22. The van der Waals surface area contributed by atoms with Crippen LogP contribution in [0.4, 0.5) is 15.3 Å². The number of hydrogen-bond acceptors (Lipinski definition) is 6. The molecule has 1 fully saturated rings. The third kappa shape index (κ3) is 6.17. The van der Waals surface area contributed by atoms with E-state index < -0.39 is 41.6 Å². The summed E-state index contributed by atoms with van der Waals surface area (Å²) in [5, 5.41) is 14.3. The number of ether oxygens (including phenoxy) is 1. The van der Waals surface area contributed by atoms with Gasteiger partial charge in [0, 0.05) is 25.3 Å². The normalized spacial score (nSPS) is 15.4. The molecule has 11 nitrogen and oxygen atoms in total. The summed E-state index contributed by atoms with van der Waals surface area (Å²) < 4.78 is 5.16. The molecule has 1 aromatic carbocycles. The SMILES string of the molecule is CCN1CCN(C(=O)N[C@@H](C(=O)O)c2cccc(NC(=O)OC(C)(C)C)c2)C(=O)C1=O. The van der Waals surface area contributed by atoms with Crippen LogP contribution in [0.2, 0.25) is 0 Å². The number of rotatable bonds is 5. The van der Waals surface area contributed by atoms with Gasteiger partial charge in [0.15, 0.2) is 6.04 Å². The average molecular weight is 434 g/mol. The molecule has 0 aliphatic carbocycles. The van der Waals surface area contributed by atoms with Gasteiger partial charge in [-0.3, -0.25) is 19.8 Å². The van der Waals surface area contributed by atoms with Crippen molar-refractivity contribution in [1.29, 1.82) is 0 Å². The minimum absolute atomic E-state index is 0.0448. The van der Waals surface area contributed by atoms with Gasteiger partial charge in [-0.25, -0.2) is 14.4 Å². The number of anilines is 1. The zero-order valence-corrected chi connectivity index (χ0v) is 17.8. The van der Waals surface area contributed by atoms with Crippen LogP contribution in [0.25, 0.3) is 0 Å². The van der Waals surface area contributed by atoms with Crippen molar-refractivity contribution in [1.82, 2.24) is 15.1 Å². The smallest absolute Gasteiger partial charge is 0.412 e. The summed E-state index contributed by atoms with van der Waals surface area (Å²) in [7, 11) is 0. The third-order valence-corrected chi connectivity index (χ3v) is 4.32. The maximum Gasteiger partial charge on any atom is 0.412 e. The average Bonchev–Trinajstić information content (AvgIpc) is 2.66. The van der Waals surface area contributed by atoms with E-state index in [0.29, 0.717) is 11.4 Å². The van der Waals surface area contributed by atoms with Gasteiger partial charge in [-0.15, -0.1) is 0 Å². The highest BCUT2D eigenvalue weighted by atomic mass is 16.6. The van der Waals surface area contributed by atoms with E-state index in [2.05, 4.69) is 10.6 Å². The Kier molecular flexibility index (Phi) is 7.21. The van der Waals surface area contributed by atoms with Gasteiger partial charge in [0.2, 0.25) is 0 Å². The van der Waals surface area contributed by atoms with Gasteiger partial charge in [0.05, 0.1) is 0 Å². The molecular weight excluding hydrogens is 408 g/mol. The van der Waals surface area contributed by atoms with Gasteiger partial charge < -0.3 is 20.1 Å². The molecule has 1 atom stereocenters. The Labute approximate surface area is 179 Å². The van der Waals surface area contributed by atoms with Crippen LogP contribution in [-0.4, -0.2) is 70.0 Å². The number of nitrogens with one attached hydrogen (secondary N) is 2. The number of nitrogens with zero attached hydrogens (tertiary/aromatic N) is 2. The number of likely N-dealkylation sites (N-methyl/N-ethyl adjacent to an activating group) is 1. The van der Waals surface area contributed by atoms with Crippen molar-refractivity contribution in [3.8, 4) is 0 Å². The molecule has 1 aliphatic rings. The molecule has 5 amide bonds. The van der Waals surface area contributed by atoms with Crippen molar-refractivity contribution >= 4 is 35.6 Å². The summed E-state index contributed by atoms with van der Waals surface area (Å²) in [6.45, 7) is 7.26. The number of urea groups is 1. The number of benzene rings is 1. The van der Waals surface area contributed by atoms with E-state index in [1.54, 1.807) is 27.7 Å². The maximum atomic E-state index is 12.5. The molecule has 0 saturated carbocycles. The molecular formula is C20H26N4O7. The van der Waals surface area contributed by atoms with Gasteiger partial charge in [0.1, 0.15) is 5.60 Å². The van der Waals surface area contributed by atoms with E-state index in [1.807, 2.05) is 0 Å². The second kappa shape index (κ2) is 9.45. The van der Waals surface area contributed by atoms with Crippen LogP contribution >= 0.6 is 0 Å². The molecule has 0 unspecified atom stereocenters. The first-order chi connectivity index (χ1) is 14.4. The number of carboxylic acid groups (broad SMARTS) is 1. The highest BCUT2D eigenvalue weighted by molar-refractivity contribution is 6.38. The standard InChI is InChI=1S/C20H26N4O7/c1-5-23-9-10-24(16(26)15(23)25)18(29)22-14(17(27)28)12-7-6-8-13(11-12)21-19(30)31-20(2,3)4/h6-8,11,14H,5,9-10H2,1-4H3,(H,21,30)(H,22,29)(H,27,28)/t14-/m1/s1. The fourth-order valence-corrected chi connectivity index (χ4v) is 2.88. The molecule has 1 aliphatic heterocycles. The lowest BCUT2D eigenvalue weighted by Gasteiger charge is -2.32. The number of piperazine rings is 1. The predicted octanol–water partition coefficient (Wildman–Crippen LogP) is 1.56. The Bertz CT molecular complexity index is 894. The van der Waals surface area contributed by atoms with Crippen LogP contribution in [0.1, 0.15) is 39.3 Å². The predicted molar refractivity (Wildman–Crippen MR) is 109 cm³/mol. The first kappa shape index (κ1) is 23.6. The Balaban J connectivity index is 2.15. The van der Waals surface area contributed by atoms with Crippen molar-refractivity contribution in [3.63, 3.8) is 0 Å². The molecule has 1 aromatic rings. The molecule has 0 bridgehead atoms. The van der Waals surface area contributed by atoms with E-state index in [-0.39, 0.29) is 24.3 Å². The van der Waals surface area contributed by atoms with E-state index in [9.17, 15) is 29.1 Å². The number of carbonyl (C=O) groups is 5. The lowest BCUT2D eigenvalue weighted by Crippen LogP contribution is -2.58. The first-order valence-corrected chi connectivity index (χ1v) is 9.67. The Morgan fingerprint density at radius 2 is 1.84 bits per heavy atom. The fraction of sp³-hybridized carbons (Fsp3) is 0.450. The van der Waals surface area contributed by atoms with E-state index in [0.717, 1.165) is 0 Å². The second-order valence-electron chi connectivity index (χ2n) is 7.81. The number of aliphatic carboxylic acids is 1. The first-order valence-electron chi connectivity index (χ1n) is 9.67. The van der Waals surface area contributed by atoms with Gasteiger partial charge in [-0.1, -0.05) is 12.1 Å². The van der Waals surface area contributed by atoms with Crippen LogP contribution in [0.3, 0.4) is 0 Å². The molecule has 0 radical (unpaired) electrons. The minimum Gasteiger partial charge on any atom is -0.479 e. The van der Waals surface area contributed by atoms with Crippen LogP contribution in [0.5, 0.6) is 0 Å². The molecule has 1 saturated heterocycles. The Hall–Kier alpha value is -3.63. The summed E-state index contributed by atoms with van der Waals surface area (Å²) in [6, 6.07) is 3.33. The topological polar surface area (TPSA) is 145 Å². The number of carboxylic acids is 1. The molecule has 2 rings (SSSR count). The Morgan fingerprint density at radius 1 is 1.16 bits per heavy atom. The van der Waals surface area contributed by atoms with Crippen molar-refractivity contribution in [2.75, 3.05) is 25.0 Å². The summed E-state index contributed by atoms with van der Waals surface area (Å²) in [5.41, 5.74) is -0.305. The summed E-state index contributed by atoms with van der Waals surface area (Å²) in [6.07, 6.45) is -0.724. The molecule has 0 spiro atoms. The van der Waals surface area contributed by atoms with Crippen LogP contribution in [-0.2, 0) is 19.1 Å². The van der Waals surface area contributed by atoms with Gasteiger partial charge in [-0.2, -0.15) is 0 Å². The number of carbonyl (C=O) groups excluding carboxylic acids is 4. The molecule has 168 valence electrons. The third-order valence-electron chi connectivity index (χ3n) is 4.32. The number of imide groups is 1. The summed E-state index contributed by atoms with van der Waals surface area (Å²) in [4.78, 5) is 62.4. The highest BCUT2D eigenvalue weighted by Gasteiger charge is 2.37. The molecule has 11 heteroatoms. The van der Waals surface area contributed by atoms with Crippen molar-refractivity contribution in [3.05, 3.63) is 29.8 Å². The van der Waals surface area contributed by atoms with E-state index >= 15 is 0 Å². The number of hydrogen-bond donors (Lipinski definition) is 3. The van der Waals surface area contributed by atoms with Crippen molar-refractivity contribution in [2.45, 2.75) is 39.3 Å².